The quantitative estimate of drug-likeness (QED) is 0.761. The molecule has 0 aliphatic carbocycles. The molecule has 0 bridgehead atoms. The molecule has 0 heterocycles. The second-order valence-corrected chi connectivity index (χ2v) is 5.57. The van der Waals surface area contributed by atoms with Crippen LogP contribution in [0.3, 0.4) is 0 Å². The van der Waals surface area contributed by atoms with Crippen LogP contribution in [0, 0.1) is 0 Å². The highest BCUT2D eigenvalue weighted by atomic mass is 16.3. The average Bonchev–Trinajstić information content (AvgIpc) is 2.55. The Morgan fingerprint density at radius 1 is 0.727 bits per heavy atom. The number of hydrogen-bond acceptors (Lipinski definition) is 1. The predicted octanol–water partition coefficient (Wildman–Crippen LogP) is 5.59. The van der Waals surface area contributed by atoms with Crippen molar-refractivity contribution in [3.8, 4) is 0 Å². The van der Waals surface area contributed by atoms with Crippen molar-refractivity contribution in [1.29, 1.82) is 0 Å². The van der Waals surface area contributed by atoms with Crippen molar-refractivity contribution < 1.29 is 5.11 Å². The van der Waals surface area contributed by atoms with E-state index in [9.17, 15) is 5.11 Å². The van der Waals surface area contributed by atoms with Gasteiger partial charge in [-0.3, -0.25) is 0 Å². The maximum atomic E-state index is 10.6. The average molecular weight is 292 g/mol. The van der Waals surface area contributed by atoms with E-state index < -0.39 is 6.10 Å². The molecule has 2 unspecified atom stereocenters. The molecule has 0 saturated heterocycles. The Bertz CT molecular complexity index is 573. The van der Waals surface area contributed by atoms with E-state index in [-0.39, 0.29) is 5.92 Å². The molecule has 1 nitrogen and oxygen atoms in total. The first kappa shape index (κ1) is 16.3. The van der Waals surface area contributed by atoms with E-state index in [4.69, 9.17) is 0 Å². The van der Waals surface area contributed by atoms with Gasteiger partial charge in [-0.05, 0) is 36.1 Å². The van der Waals surface area contributed by atoms with Crippen LogP contribution in [0.5, 0.6) is 0 Å². The summed E-state index contributed by atoms with van der Waals surface area (Å²) in [6.45, 7) is 6.08. The van der Waals surface area contributed by atoms with Crippen molar-refractivity contribution in [2.75, 3.05) is 0 Å². The summed E-state index contributed by atoms with van der Waals surface area (Å²) >= 11 is 0. The summed E-state index contributed by atoms with van der Waals surface area (Å²) < 4.78 is 0. The van der Waals surface area contributed by atoms with E-state index in [2.05, 4.69) is 43.3 Å². The highest BCUT2D eigenvalue weighted by Gasteiger charge is 2.17. The molecular weight excluding hydrogens is 268 g/mol. The van der Waals surface area contributed by atoms with Crippen molar-refractivity contribution in [3.05, 3.63) is 82.9 Å². The molecule has 1 heteroatoms. The van der Waals surface area contributed by atoms with Crippen LogP contribution < -0.4 is 0 Å². The molecule has 114 valence electrons. The lowest BCUT2D eigenvalue weighted by Gasteiger charge is -2.20. The summed E-state index contributed by atoms with van der Waals surface area (Å²) in [7, 11) is 0. The summed E-state index contributed by atoms with van der Waals surface area (Å²) in [5, 5.41) is 10.6. The Morgan fingerprint density at radius 3 is 1.55 bits per heavy atom. The molecule has 0 fully saturated rings. The van der Waals surface area contributed by atoms with Crippen LogP contribution in [0.2, 0.25) is 0 Å². The molecule has 22 heavy (non-hydrogen) atoms. The first-order valence-electron chi connectivity index (χ1n) is 7.79. The van der Waals surface area contributed by atoms with E-state index >= 15 is 0 Å². The second kappa shape index (κ2) is 7.77. The van der Waals surface area contributed by atoms with E-state index in [0.717, 1.165) is 16.7 Å². The Morgan fingerprint density at radius 2 is 1.14 bits per heavy atom. The summed E-state index contributed by atoms with van der Waals surface area (Å²) in [5.74, 6) is 0.0622. The SMILES string of the molecule is C/C=C/c1ccc(C(C)C(O)c2ccc(/C=C/C)cc2)cc1. The second-order valence-electron chi connectivity index (χ2n) is 5.57. The number of aliphatic hydroxyl groups is 1. The maximum absolute atomic E-state index is 10.6. The van der Waals surface area contributed by atoms with Gasteiger partial charge in [0.1, 0.15) is 0 Å². The van der Waals surface area contributed by atoms with Gasteiger partial charge in [0.15, 0.2) is 0 Å². The monoisotopic (exact) mass is 292 g/mol. The first-order chi connectivity index (χ1) is 10.7. The third-order valence-corrected chi connectivity index (χ3v) is 3.93. The fourth-order valence-electron chi connectivity index (χ4n) is 2.57. The molecule has 2 aromatic carbocycles. The third kappa shape index (κ3) is 3.96. The maximum Gasteiger partial charge on any atom is 0.0855 e. The lowest BCUT2D eigenvalue weighted by molar-refractivity contribution is 0.151. The van der Waals surface area contributed by atoms with Gasteiger partial charge in [-0.2, -0.15) is 0 Å². The molecule has 0 amide bonds. The fourth-order valence-corrected chi connectivity index (χ4v) is 2.57. The Balaban J connectivity index is 2.15. The standard InChI is InChI=1S/C21H24O/c1-4-6-17-8-12-19(13-9-17)16(3)21(22)20-14-10-18(7-5-2)11-15-20/h4-16,21-22H,1-3H3/b6-4+,7-5+. The summed E-state index contributed by atoms with van der Waals surface area (Å²) in [6, 6.07) is 16.5. The fraction of sp³-hybridized carbons (Fsp3) is 0.238. The molecule has 0 radical (unpaired) electrons. The third-order valence-electron chi connectivity index (χ3n) is 3.93. The smallest absolute Gasteiger partial charge is 0.0855 e. The topological polar surface area (TPSA) is 20.2 Å². The lowest BCUT2D eigenvalue weighted by atomic mass is 9.90. The van der Waals surface area contributed by atoms with Gasteiger partial charge in [-0.15, -0.1) is 0 Å². The molecule has 2 atom stereocenters. The van der Waals surface area contributed by atoms with E-state index in [1.807, 2.05) is 50.3 Å². The summed E-state index contributed by atoms with van der Waals surface area (Å²) in [6.07, 6.45) is 7.68. The molecule has 1 N–H and O–H groups in total. The van der Waals surface area contributed by atoms with Crippen molar-refractivity contribution in [2.24, 2.45) is 0 Å². The molecule has 0 aliphatic heterocycles. The van der Waals surface area contributed by atoms with E-state index in [1.54, 1.807) is 0 Å². The molecule has 0 saturated carbocycles. The van der Waals surface area contributed by atoms with Crippen molar-refractivity contribution in [3.63, 3.8) is 0 Å². The predicted molar refractivity (Wildman–Crippen MR) is 95.7 cm³/mol. The Hall–Kier alpha value is -2.12. The van der Waals surface area contributed by atoms with Gasteiger partial charge in [0.2, 0.25) is 0 Å². The molecular formula is C21H24O. The van der Waals surface area contributed by atoms with Gasteiger partial charge in [-0.25, -0.2) is 0 Å². The van der Waals surface area contributed by atoms with Crippen LogP contribution >= 0.6 is 0 Å². The molecule has 0 aromatic heterocycles. The normalized spacial score (nSPS) is 14.5. The zero-order valence-corrected chi connectivity index (χ0v) is 13.5. The van der Waals surface area contributed by atoms with E-state index in [0.29, 0.717) is 0 Å². The van der Waals surface area contributed by atoms with Crippen LogP contribution in [-0.4, -0.2) is 5.11 Å². The highest BCUT2D eigenvalue weighted by molar-refractivity contribution is 5.50. The van der Waals surface area contributed by atoms with Crippen LogP contribution in [0.25, 0.3) is 12.2 Å². The van der Waals surface area contributed by atoms with Gasteiger partial charge in [0, 0.05) is 5.92 Å². The number of benzene rings is 2. The number of aliphatic hydroxyl groups excluding tert-OH is 1. The largest absolute Gasteiger partial charge is 0.388 e. The van der Waals surface area contributed by atoms with Crippen LogP contribution in [0.15, 0.2) is 60.7 Å². The molecule has 0 aliphatic rings. The Labute approximate surface area is 133 Å². The highest BCUT2D eigenvalue weighted by Crippen LogP contribution is 2.30. The summed E-state index contributed by atoms with van der Waals surface area (Å²) in [5.41, 5.74) is 4.45. The van der Waals surface area contributed by atoms with Gasteiger partial charge >= 0.3 is 0 Å². The van der Waals surface area contributed by atoms with Crippen molar-refractivity contribution in [1.82, 2.24) is 0 Å². The molecule has 2 rings (SSSR count). The number of rotatable bonds is 5. The van der Waals surface area contributed by atoms with Crippen LogP contribution in [-0.2, 0) is 0 Å². The molecule has 0 spiro atoms. The minimum absolute atomic E-state index is 0.0622. The van der Waals surface area contributed by atoms with Gasteiger partial charge in [0.25, 0.3) is 0 Å². The minimum atomic E-state index is -0.493. The van der Waals surface area contributed by atoms with Crippen LogP contribution in [0.4, 0.5) is 0 Å². The zero-order valence-electron chi connectivity index (χ0n) is 13.5. The lowest BCUT2D eigenvalue weighted by Crippen LogP contribution is -2.07. The summed E-state index contributed by atoms with van der Waals surface area (Å²) in [4.78, 5) is 0. The van der Waals surface area contributed by atoms with E-state index in [1.165, 1.54) is 5.56 Å². The molecule has 2 aromatic rings. The first-order valence-corrected chi connectivity index (χ1v) is 7.79. The number of allylic oxidation sites excluding steroid dienone is 2. The van der Waals surface area contributed by atoms with Gasteiger partial charge < -0.3 is 5.11 Å². The van der Waals surface area contributed by atoms with Crippen molar-refractivity contribution in [2.45, 2.75) is 32.8 Å². The van der Waals surface area contributed by atoms with Crippen molar-refractivity contribution >= 4 is 12.2 Å². The van der Waals surface area contributed by atoms with Crippen LogP contribution in [0.1, 0.15) is 55.0 Å². The number of hydrogen-bond donors (Lipinski definition) is 1. The zero-order chi connectivity index (χ0) is 15.9. The minimum Gasteiger partial charge on any atom is -0.388 e. The van der Waals surface area contributed by atoms with Gasteiger partial charge in [-0.1, -0.05) is 79.8 Å². The Kier molecular flexibility index (Phi) is 5.74. The van der Waals surface area contributed by atoms with Gasteiger partial charge in [0.05, 0.1) is 6.10 Å².